The number of carbonyl (C=O) groups is 1. The maximum absolute atomic E-state index is 11.3. The van der Waals surface area contributed by atoms with E-state index in [1.165, 1.54) is 6.92 Å². The molecule has 1 aliphatic rings. The number of aliphatic hydroxyl groups excluding tert-OH is 3. The zero-order chi connectivity index (χ0) is 16.8. The van der Waals surface area contributed by atoms with Crippen molar-refractivity contribution in [3.05, 3.63) is 0 Å². The van der Waals surface area contributed by atoms with Gasteiger partial charge >= 0.3 is 0 Å². The van der Waals surface area contributed by atoms with E-state index in [9.17, 15) is 25.2 Å². The van der Waals surface area contributed by atoms with Crippen LogP contribution in [0.1, 0.15) is 39.0 Å². The zero-order valence-electron chi connectivity index (χ0n) is 12.9. The molecule has 1 heterocycles. The highest BCUT2D eigenvalue weighted by molar-refractivity contribution is 5.73. The van der Waals surface area contributed by atoms with E-state index in [0.29, 0.717) is 13.0 Å². The summed E-state index contributed by atoms with van der Waals surface area (Å²) in [7, 11) is 0. The Bertz CT molecular complexity index is 356. The van der Waals surface area contributed by atoms with E-state index < -0.39 is 42.7 Å². The Morgan fingerprint density at radius 3 is 2.41 bits per heavy atom. The Labute approximate surface area is 130 Å². The standard InChI is InChI=1S/C14H28N2O6/c1-9(18)16-13-12(20)11(19)10(8-17)22-14(13,21)6-4-2-3-5-7-15/h10-13,17,19-21H,2-8,15H2,1H3,(H,16,18)/t10-,11+,12+,13-,14?/m1/s1. The Balaban J connectivity index is 2.76. The van der Waals surface area contributed by atoms with E-state index in [2.05, 4.69) is 5.32 Å². The molecule has 0 aromatic heterocycles. The molecule has 5 atom stereocenters. The van der Waals surface area contributed by atoms with Crippen LogP contribution in [0, 0.1) is 0 Å². The van der Waals surface area contributed by atoms with Crippen molar-refractivity contribution < 1.29 is 30.0 Å². The quantitative estimate of drug-likeness (QED) is 0.289. The van der Waals surface area contributed by atoms with Gasteiger partial charge in [0.1, 0.15) is 24.4 Å². The summed E-state index contributed by atoms with van der Waals surface area (Å²) in [5, 5.41) is 42.3. The number of aliphatic hydroxyl groups is 4. The minimum Gasteiger partial charge on any atom is -0.394 e. The van der Waals surface area contributed by atoms with Crippen LogP contribution in [0.4, 0.5) is 0 Å². The molecule has 0 radical (unpaired) electrons. The number of rotatable bonds is 8. The van der Waals surface area contributed by atoms with Gasteiger partial charge in [-0.1, -0.05) is 12.8 Å². The normalized spacial score (nSPS) is 35.4. The minimum atomic E-state index is -1.83. The zero-order valence-corrected chi connectivity index (χ0v) is 12.9. The topological polar surface area (TPSA) is 145 Å². The molecule has 8 nitrogen and oxygen atoms in total. The van der Waals surface area contributed by atoms with Crippen molar-refractivity contribution in [1.29, 1.82) is 0 Å². The highest BCUT2D eigenvalue weighted by Gasteiger charge is 2.53. The largest absolute Gasteiger partial charge is 0.394 e. The van der Waals surface area contributed by atoms with Gasteiger partial charge in [0, 0.05) is 13.3 Å². The fourth-order valence-corrected chi connectivity index (χ4v) is 2.74. The first-order valence-corrected chi connectivity index (χ1v) is 7.70. The lowest BCUT2D eigenvalue weighted by Crippen LogP contribution is -2.70. The third-order valence-corrected chi connectivity index (χ3v) is 3.94. The van der Waals surface area contributed by atoms with Crippen LogP contribution >= 0.6 is 0 Å². The van der Waals surface area contributed by atoms with Crippen molar-refractivity contribution in [1.82, 2.24) is 5.32 Å². The van der Waals surface area contributed by atoms with E-state index in [0.717, 1.165) is 19.3 Å². The second-order valence-electron chi connectivity index (χ2n) is 5.80. The second-order valence-corrected chi connectivity index (χ2v) is 5.80. The van der Waals surface area contributed by atoms with Crippen molar-refractivity contribution >= 4 is 5.91 Å². The molecule has 1 rings (SSSR count). The molecule has 8 heteroatoms. The molecule has 1 amide bonds. The van der Waals surface area contributed by atoms with Gasteiger partial charge in [0.05, 0.1) is 6.61 Å². The number of hydrogen-bond acceptors (Lipinski definition) is 7. The number of hydrogen-bond donors (Lipinski definition) is 6. The summed E-state index contributed by atoms with van der Waals surface area (Å²) in [6, 6.07) is -1.16. The van der Waals surface area contributed by atoms with Gasteiger partial charge in [0.15, 0.2) is 5.79 Å². The molecular weight excluding hydrogens is 292 g/mol. The number of unbranched alkanes of at least 4 members (excludes halogenated alkanes) is 3. The monoisotopic (exact) mass is 320 g/mol. The summed E-state index contributed by atoms with van der Waals surface area (Å²) in [6.45, 7) is 1.31. The second kappa shape index (κ2) is 8.76. The molecule has 0 spiro atoms. The third kappa shape index (κ3) is 4.87. The summed E-state index contributed by atoms with van der Waals surface area (Å²) in [6.07, 6.45) is -0.535. The minimum absolute atomic E-state index is 0.169. The maximum atomic E-state index is 11.3. The van der Waals surface area contributed by atoms with Crippen LogP contribution < -0.4 is 11.1 Å². The Morgan fingerprint density at radius 1 is 1.23 bits per heavy atom. The molecule has 1 fully saturated rings. The fraction of sp³-hybridized carbons (Fsp3) is 0.929. The van der Waals surface area contributed by atoms with Crippen LogP contribution in [0.5, 0.6) is 0 Å². The molecule has 0 saturated carbocycles. The Morgan fingerprint density at radius 2 is 1.86 bits per heavy atom. The van der Waals surface area contributed by atoms with Crippen molar-refractivity contribution in [2.24, 2.45) is 5.73 Å². The van der Waals surface area contributed by atoms with E-state index in [1.54, 1.807) is 0 Å². The molecule has 0 aromatic carbocycles. The molecule has 7 N–H and O–H groups in total. The summed E-state index contributed by atoms with van der Waals surface area (Å²) < 4.78 is 5.38. The van der Waals surface area contributed by atoms with E-state index in [-0.39, 0.29) is 6.42 Å². The van der Waals surface area contributed by atoms with Crippen molar-refractivity contribution in [3.8, 4) is 0 Å². The number of nitrogens with two attached hydrogens (primary N) is 1. The number of amides is 1. The smallest absolute Gasteiger partial charge is 0.217 e. The first-order valence-electron chi connectivity index (χ1n) is 7.70. The molecule has 22 heavy (non-hydrogen) atoms. The molecule has 1 unspecified atom stereocenters. The molecule has 0 aromatic rings. The average molecular weight is 320 g/mol. The number of ether oxygens (including phenoxy) is 1. The van der Waals surface area contributed by atoms with Gasteiger partial charge in [0.25, 0.3) is 0 Å². The van der Waals surface area contributed by atoms with Crippen molar-refractivity contribution in [2.45, 2.75) is 69.2 Å². The van der Waals surface area contributed by atoms with Gasteiger partial charge in [-0.25, -0.2) is 0 Å². The van der Waals surface area contributed by atoms with E-state index >= 15 is 0 Å². The molecule has 1 aliphatic heterocycles. The average Bonchev–Trinajstić information content (AvgIpc) is 2.47. The molecular formula is C14H28N2O6. The summed E-state index contributed by atoms with van der Waals surface area (Å²) in [4.78, 5) is 11.3. The summed E-state index contributed by atoms with van der Waals surface area (Å²) in [5.74, 6) is -2.29. The Hall–Kier alpha value is -0.770. The number of nitrogens with one attached hydrogen (secondary N) is 1. The van der Waals surface area contributed by atoms with Gasteiger partial charge in [-0.3, -0.25) is 4.79 Å². The number of carbonyl (C=O) groups excluding carboxylic acids is 1. The van der Waals surface area contributed by atoms with Crippen LogP contribution in [-0.4, -0.2) is 69.6 Å². The molecule has 130 valence electrons. The predicted molar refractivity (Wildman–Crippen MR) is 78.7 cm³/mol. The maximum Gasteiger partial charge on any atom is 0.217 e. The lowest BCUT2D eigenvalue weighted by Gasteiger charge is -2.47. The predicted octanol–water partition coefficient (Wildman–Crippen LogP) is -1.80. The van der Waals surface area contributed by atoms with Gasteiger partial charge in [-0.05, 0) is 19.4 Å². The SMILES string of the molecule is CC(=O)N[C@@H]1[C@@H](O)[C@@H](O)[C@@H](CO)OC1(O)CCCCCCN. The molecule has 0 aliphatic carbocycles. The lowest BCUT2D eigenvalue weighted by molar-refractivity contribution is -0.321. The van der Waals surface area contributed by atoms with Crippen molar-refractivity contribution in [3.63, 3.8) is 0 Å². The van der Waals surface area contributed by atoms with Gasteiger partial charge in [-0.15, -0.1) is 0 Å². The summed E-state index contributed by atoms with van der Waals surface area (Å²) in [5.41, 5.74) is 5.42. The van der Waals surface area contributed by atoms with Gasteiger partial charge in [-0.2, -0.15) is 0 Å². The van der Waals surface area contributed by atoms with Gasteiger partial charge < -0.3 is 36.2 Å². The first-order chi connectivity index (χ1) is 10.4. The van der Waals surface area contributed by atoms with E-state index in [4.69, 9.17) is 10.5 Å². The van der Waals surface area contributed by atoms with Crippen LogP contribution in [0.25, 0.3) is 0 Å². The molecule has 1 saturated heterocycles. The highest BCUT2D eigenvalue weighted by atomic mass is 16.6. The van der Waals surface area contributed by atoms with Crippen LogP contribution in [0.2, 0.25) is 0 Å². The Kier molecular flexibility index (Phi) is 7.67. The third-order valence-electron chi connectivity index (χ3n) is 3.94. The van der Waals surface area contributed by atoms with Crippen LogP contribution in [-0.2, 0) is 9.53 Å². The van der Waals surface area contributed by atoms with Crippen LogP contribution in [0.15, 0.2) is 0 Å². The van der Waals surface area contributed by atoms with E-state index in [1.807, 2.05) is 0 Å². The molecule has 0 bridgehead atoms. The fourth-order valence-electron chi connectivity index (χ4n) is 2.74. The van der Waals surface area contributed by atoms with Crippen LogP contribution in [0.3, 0.4) is 0 Å². The van der Waals surface area contributed by atoms with Gasteiger partial charge in [0.2, 0.25) is 5.91 Å². The summed E-state index contributed by atoms with van der Waals surface area (Å²) >= 11 is 0. The first kappa shape index (κ1) is 19.3. The van der Waals surface area contributed by atoms with Crippen molar-refractivity contribution in [2.75, 3.05) is 13.2 Å². The highest BCUT2D eigenvalue weighted by Crippen LogP contribution is 2.32. The lowest BCUT2D eigenvalue weighted by atomic mass is 9.87.